The van der Waals surface area contributed by atoms with Crippen LogP contribution in [0.2, 0.25) is 5.02 Å². The van der Waals surface area contributed by atoms with Gasteiger partial charge >= 0.3 is 0 Å². The van der Waals surface area contributed by atoms with Gasteiger partial charge in [0.1, 0.15) is 5.75 Å². The number of hydrogen-bond acceptors (Lipinski definition) is 3. The van der Waals surface area contributed by atoms with Crippen LogP contribution in [0.4, 0.5) is 0 Å². The predicted octanol–water partition coefficient (Wildman–Crippen LogP) is 4.94. The van der Waals surface area contributed by atoms with Crippen molar-refractivity contribution in [1.29, 1.82) is 5.26 Å². The Balaban J connectivity index is 1.61. The zero-order valence-electron chi connectivity index (χ0n) is 15.5. The van der Waals surface area contributed by atoms with E-state index in [0.717, 1.165) is 42.8 Å². The number of amidine groups is 1. The average molecular weight is 372 g/mol. The molecule has 1 N–H and O–H groups in total. The largest absolute Gasteiger partial charge is 0.480 e. The van der Waals surface area contributed by atoms with Crippen molar-refractivity contribution in [2.75, 3.05) is 0 Å². The van der Waals surface area contributed by atoms with Gasteiger partial charge in [-0.15, -0.1) is 0 Å². The van der Waals surface area contributed by atoms with Crippen LogP contribution in [0.3, 0.4) is 0 Å². The maximum absolute atomic E-state index is 9.30. The molecular weight excluding hydrogens is 346 g/mol. The van der Waals surface area contributed by atoms with E-state index in [0.29, 0.717) is 10.9 Å². The standard InChI is InChI=1S/C21H26ClN3O/c1-20(2,26-18-5-3-17(22)4-6-18)19(24-13-23)25-21-10-14-7-15(11-21)9-16(8-14)12-21/h3-6,14-16H,7-12H2,1-2H3,(H,24,25). The third-order valence-electron chi connectivity index (χ3n) is 6.29. The molecule has 4 saturated carbocycles. The first-order valence-electron chi connectivity index (χ1n) is 9.57. The first-order chi connectivity index (χ1) is 12.4. The van der Waals surface area contributed by atoms with Gasteiger partial charge < -0.3 is 4.74 Å². The Labute approximate surface area is 160 Å². The summed E-state index contributed by atoms with van der Waals surface area (Å²) >= 11 is 5.96. The molecular formula is C21H26ClN3O. The third-order valence-corrected chi connectivity index (χ3v) is 6.54. The number of halogens is 1. The van der Waals surface area contributed by atoms with E-state index >= 15 is 0 Å². The molecule has 5 rings (SSSR count). The quantitative estimate of drug-likeness (QED) is 0.353. The highest BCUT2D eigenvalue weighted by molar-refractivity contribution is 6.30. The highest BCUT2D eigenvalue weighted by Crippen LogP contribution is 2.57. The van der Waals surface area contributed by atoms with Gasteiger partial charge in [-0.2, -0.15) is 5.26 Å². The van der Waals surface area contributed by atoms with Gasteiger partial charge in [0.25, 0.3) is 0 Å². The minimum Gasteiger partial charge on any atom is -0.480 e. The monoisotopic (exact) mass is 371 g/mol. The van der Waals surface area contributed by atoms with Crippen LogP contribution in [0.25, 0.3) is 0 Å². The van der Waals surface area contributed by atoms with Gasteiger partial charge in [-0.1, -0.05) is 11.6 Å². The fraction of sp³-hybridized carbons (Fsp3) is 0.619. The molecule has 0 saturated heterocycles. The van der Waals surface area contributed by atoms with Crippen molar-refractivity contribution >= 4 is 17.4 Å². The number of rotatable bonds is 4. The number of nitrogens with zero attached hydrogens (tertiary/aromatic N) is 2. The molecule has 4 fully saturated rings. The summed E-state index contributed by atoms with van der Waals surface area (Å²) in [4.78, 5) is 5.18. The van der Waals surface area contributed by atoms with Crippen LogP contribution in [0.5, 0.6) is 5.75 Å². The van der Waals surface area contributed by atoms with Crippen molar-refractivity contribution in [3.63, 3.8) is 0 Å². The first kappa shape index (κ1) is 17.7. The third kappa shape index (κ3) is 3.42. The van der Waals surface area contributed by atoms with Crippen molar-refractivity contribution in [1.82, 2.24) is 5.32 Å². The summed E-state index contributed by atoms with van der Waals surface area (Å²) in [5, 5.41) is 12.8. The summed E-state index contributed by atoms with van der Waals surface area (Å²) in [6.07, 6.45) is 9.67. The fourth-order valence-electron chi connectivity index (χ4n) is 5.65. The molecule has 4 bridgehead atoms. The SMILES string of the molecule is CC(C)(Oc1ccc(Cl)cc1)C(=NC12CC3CC(CC(C3)C1)C2)NC#N. The Morgan fingerprint density at radius 2 is 1.69 bits per heavy atom. The summed E-state index contributed by atoms with van der Waals surface area (Å²) in [6.45, 7) is 3.93. The number of aliphatic imine (C=N–C) groups is 1. The maximum atomic E-state index is 9.30. The lowest BCUT2D eigenvalue weighted by Crippen LogP contribution is -2.53. The summed E-state index contributed by atoms with van der Waals surface area (Å²) in [5.41, 5.74) is -0.721. The van der Waals surface area contributed by atoms with Crippen LogP contribution < -0.4 is 10.1 Å². The minimum atomic E-state index is -0.715. The van der Waals surface area contributed by atoms with Crippen molar-refractivity contribution < 1.29 is 4.74 Å². The summed E-state index contributed by atoms with van der Waals surface area (Å²) < 4.78 is 6.18. The Morgan fingerprint density at radius 1 is 1.15 bits per heavy atom. The van der Waals surface area contributed by atoms with E-state index in [9.17, 15) is 5.26 Å². The summed E-state index contributed by atoms with van der Waals surface area (Å²) in [5.74, 6) is 3.80. The van der Waals surface area contributed by atoms with E-state index in [-0.39, 0.29) is 5.54 Å². The van der Waals surface area contributed by atoms with E-state index < -0.39 is 5.60 Å². The number of nitriles is 1. The number of hydrogen-bond donors (Lipinski definition) is 1. The molecule has 0 atom stereocenters. The smallest absolute Gasteiger partial charge is 0.182 e. The van der Waals surface area contributed by atoms with Crippen LogP contribution >= 0.6 is 11.6 Å². The molecule has 26 heavy (non-hydrogen) atoms. The minimum absolute atomic E-state index is 0.00540. The fourth-order valence-corrected chi connectivity index (χ4v) is 5.78. The molecule has 0 unspecified atom stereocenters. The van der Waals surface area contributed by atoms with E-state index in [1.165, 1.54) is 19.3 Å². The normalized spacial score (nSPS) is 33.0. The lowest BCUT2D eigenvalue weighted by atomic mass is 9.53. The lowest BCUT2D eigenvalue weighted by molar-refractivity contribution is 0.000662. The molecule has 1 aromatic carbocycles. The Morgan fingerprint density at radius 3 is 2.19 bits per heavy atom. The average Bonchev–Trinajstić information content (AvgIpc) is 2.55. The van der Waals surface area contributed by atoms with Crippen molar-refractivity contribution in [2.45, 2.75) is 63.5 Å². The molecule has 138 valence electrons. The molecule has 0 amide bonds. The Bertz CT molecular complexity index is 712. The second-order valence-electron chi connectivity index (χ2n) is 8.91. The van der Waals surface area contributed by atoms with E-state index in [4.69, 9.17) is 21.3 Å². The lowest BCUT2D eigenvalue weighted by Gasteiger charge is -2.55. The van der Waals surface area contributed by atoms with Crippen LogP contribution in [0.15, 0.2) is 29.3 Å². The predicted molar refractivity (Wildman–Crippen MR) is 103 cm³/mol. The molecule has 5 heteroatoms. The van der Waals surface area contributed by atoms with Crippen LogP contribution in [0, 0.1) is 29.2 Å². The zero-order valence-corrected chi connectivity index (χ0v) is 16.2. The maximum Gasteiger partial charge on any atom is 0.182 e. The molecule has 0 radical (unpaired) electrons. The molecule has 4 aliphatic carbocycles. The van der Waals surface area contributed by atoms with E-state index in [1.54, 1.807) is 12.1 Å². The highest BCUT2D eigenvalue weighted by Gasteiger charge is 2.51. The molecule has 4 aliphatic rings. The van der Waals surface area contributed by atoms with E-state index in [1.807, 2.05) is 26.0 Å². The van der Waals surface area contributed by atoms with E-state index in [2.05, 4.69) is 11.5 Å². The number of ether oxygens (including phenoxy) is 1. The van der Waals surface area contributed by atoms with Gasteiger partial charge in [0.2, 0.25) is 0 Å². The molecule has 0 aromatic heterocycles. The molecule has 4 nitrogen and oxygen atoms in total. The summed E-state index contributed by atoms with van der Waals surface area (Å²) in [6, 6.07) is 7.30. The van der Waals surface area contributed by atoms with Crippen LogP contribution in [0.1, 0.15) is 52.4 Å². The second kappa shape index (κ2) is 6.46. The molecule has 0 aliphatic heterocycles. The molecule has 0 heterocycles. The van der Waals surface area contributed by atoms with Gasteiger partial charge in [-0.25, -0.2) is 0 Å². The van der Waals surface area contributed by atoms with Crippen LogP contribution in [-0.2, 0) is 0 Å². The van der Waals surface area contributed by atoms with Gasteiger partial charge in [-0.3, -0.25) is 10.3 Å². The Kier molecular flexibility index (Phi) is 4.39. The topological polar surface area (TPSA) is 57.4 Å². The highest BCUT2D eigenvalue weighted by atomic mass is 35.5. The number of nitrogens with one attached hydrogen (secondary N) is 1. The zero-order chi connectivity index (χ0) is 18.4. The number of benzene rings is 1. The van der Waals surface area contributed by atoms with Crippen molar-refractivity contribution in [3.05, 3.63) is 29.3 Å². The Hall–Kier alpha value is -1.73. The van der Waals surface area contributed by atoms with Crippen molar-refractivity contribution in [2.24, 2.45) is 22.7 Å². The second-order valence-corrected chi connectivity index (χ2v) is 9.34. The van der Waals surface area contributed by atoms with Gasteiger partial charge in [0.05, 0.1) is 5.54 Å². The molecule has 0 spiro atoms. The van der Waals surface area contributed by atoms with Crippen molar-refractivity contribution in [3.8, 4) is 11.9 Å². The van der Waals surface area contributed by atoms with Crippen LogP contribution in [-0.4, -0.2) is 17.0 Å². The van der Waals surface area contributed by atoms with Gasteiger partial charge in [0.15, 0.2) is 17.6 Å². The summed E-state index contributed by atoms with van der Waals surface area (Å²) in [7, 11) is 0. The first-order valence-corrected chi connectivity index (χ1v) is 9.95. The van der Waals surface area contributed by atoms with Gasteiger partial charge in [0, 0.05) is 5.02 Å². The van der Waals surface area contributed by atoms with Gasteiger partial charge in [-0.05, 0) is 94.4 Å². The molecule has 1 aromatic rings.